The van der Waals surface area contributed by atoms with E-state index < -0.39 is 30.9 Å². The molecule has 8 heteroatoms. The molecule has 0 aliphatic rings. The van der Waals surface area contributed by atoms with E-state index in [1.54, 1.807) is 0 Å². The average Bonchev–Trinajstić information content (AvgIpc) is 2.66. The van der Waals surface area contributed by atoms with Crippen LogP contribution in [0.15, 0.2) is 16.8 Å². The first-order valence-corrected chi connectivity index (χ1v) is 4.14. The van der Waals surface area contributed by atoms with Crippen molar-refractivity contribution in [1.82, 2.24) is 10.1 Å². The number of hydrogen-bond acceptors (Lipinski definition) is 5. The van der Waals surface area contributed by atoms with Crippen LogP contribution in [0.25, 0.3) is 0 Å². The van der Waals surface area contributed by atoms with Gasteiger partial charge in [0.15, 0.2) is 0 Å². The number of rotatable bonds is 5. The van der Waals surface area contributed by atoms with Gasteiger partial charge in [-0.1, -0.05) is 5.16 Å². The molecule has 1 rings (SSSR count). The van der Waals surface area contributed by atoms with Crippen molar-refractivity contribution in [2.45, 2.75) is 0 Å². The summed E-state index contributed by atoms with van der Waals surface area (Å²) in [5, 5.41) is 20.3. The molecule has 0 aliphatic heterocycles. The maximum absolute atomic E-state index is 11.5. The molecule has 0 aromatic carbocycles. The number of nitrogens with zero attached hydrogens (tertiary/aromatic N) is 2. The van der Waals surface area contributed by atoms with Gasteiger partial charge in [0, 0.05) is 6.07 Å². The molecule has 16 heavy (non-hydrogen) atoms. The van der Waals surface area contributed by atoms with Crippen LogP contribution in [-0.4, -0.2) is 51.2 Å². The molecule has 0 saturated heterocycles. The van der Waals surface area contributed by atoms with Gasteiger partial charge in [0.05, 0.1) is 6.20 Å². The summed E-state index contributed by atoms with van der Waals surface area (Å²) in [5.41, 5.74) is 0. The molecule has 0 saturated carbocycles. The van der Waals surface area contributed by atoms with Gasteiger partial charge in [-0.15, -0.1) is 0 Å². The second kappa shape index (κ2) is 4.91. The smallest absolute Gasteiger partial charge is 0.323 e. The average molecular weight is 228 g/mol. The lowest BCUT2D eigenvalue weighted by Crippen LogP contribution is -2.39. The highest BCUT2D eigenvalue weighted by molar-refractivity contribution is 5.95. The fourth-order valence-electron chi connectivity index (χ4n) is 1.01. The molecule has 86 valence electrons. The van der Waals surface area contributed by atoms with Gasteiger partial charge in [-0.2, -0.15) is 0 Å². The highest BCUT2D eigenvalue weighted by Gasteiger charge is 2.23. The number of aromatic nitrogens is 1. The number of carbonyl (C=O) groups excluding carboxylic acids is 1. The van der Waals surface area contributed by atoms with E-state index in [0.717, 1.165) is 0 Å². The van der Waals surface area contributed by atoms with Gasteiger partial charge in [-0.05, 0) is 0 Å². The van der Waals surface area contributed by atoms with E-state index in [2.05, 4.69) is 9.68 Å². The largest absolute Gasteiger partial charge is 0.480 e. The van der Waals surface area contributed by atoms with E-state index in [1.165, 1.54) is 12.3 Å². The molecule has 2 N–H and O–H groups in total. The van der Waals surface area contributed by atoms with Crippen LogP contribution >= 0.6 is 0 Å². The van der Waals surface area contributed by atoms with E-state index >= 15 is 0 Å². The lowest BCUT2D eigenvalue weighted by atomic mass is 10.3. The molecule has 0 unspecified atom stereocenters. The number of carboxylic acid groups (broad SMARTS) is 2. The minimum atomic E-state index is -1.31. The predicted molar refractivity (Wildman–Crippen MR) is 47.7 cm³/mol. The highest BCUT2D eigenvalue weighted by atomic mass is 16.5. The summed E-state index contributed by atoms with van der Waals surface area (Å²) in [5.74, 6) is -3.66. The molecule has 0 aliphatic carbocycles. The summed E-state index contributed by atoms with van der Waals surface area (Å²) < 4.78 is 4.51. The Morgan fingerprint density at radius 1 is 1.25 bits per heavy atom. The minimum Gasteiger partial charge on any atom is -0.480 e. The number of carbonyl (C=O) groups is 3. The fourth-order valence-corrected chi connectivity index (χ4v) is 1.01. The van der Waals surface area contributed by atoms with Crippen LogP contribution in [0.1, 0.15) is 10.6 Å². The molecule has 1 heterocycles. The first kappa shape index (κ1) is 11.7. The van der Waals surface area contributed by atoms with Crippen molar-refractivity contribution < 1.29 is 29.1 Å². The molecule has 0 atom stereocenters. The maximum Gasteiger partial charge on any atom is 0.323 e. The zero-order valence-corrected chi connectivity index (χ0v) is 7.99. The van der Waals surface area contributed by atoms with Crippen molar-refractivity contribution in [3.05, 3.63) is 18.0 Å². The summed E-state index contributed by atoms with van der Waals surface area (Å²) in [4.78, 5) is 33.0. The Bertz CT molecular complexity index is 383. The Balaban J connectivity index is 2.79. The van der Waals surface area contributed by atoms with E-state index in [4.69, 9.17) is 10.2 Å². The lowest BCUT2D eigenvalue weighted by molar-refractivity contribution is -0.140. The first-order chi connectivity index (χ1) is 7.50. The Kier molecular flexibility index (Phi) is 3.59. The zero-order valence-electron chi connectivity index (χ0n) is 7.99. The summed E-state index contributed by atoms with van der Waals surface area (Å²) in [6, 6.07) is 1.22. The monoisotopic (exact) mass is 228 g/mol. The molecule has 1 amide bonds. The summed E-state index contributed by atoms with van der Waals surface area (Å²) in [7, 11) is 0. The molecular weight excluding hydrogens is 220 g/mol. The van der Waals surface area contributed by atoms with Crippen molar-refractivity contribution in [1.29, 1.82) is 0 Å². The number of aliphatic carboxylic acids is 2. The second-order valence-electron chi connectivity index (χ2n) is 2.83. The van der Waals surface area contributed by atoms with E-state index in [0.29, 0.717) is 4.90 Å². The normalized spacial score (nSPS) is 9.75. The van der Waals surface area contributed by atoms with Gasteiger partial charge in [0.25, 0.3) is 5.91 Å². The van der Waals surface area contributed by atoms with Gasteiger partial charge in [-0.25, -0.2) is 0 Å². The van der Waals surface area contributed by atoms with Crippen LogP contribution in [0, 0.1) is 0 Å². The lowest BCUT2D eigenvalue weighted by Gasteiger charge is -2.16. The maximum atomic E-state index is 11.5. The summed E-state index contributed by atoms with van der Waals surface area (Å²) in [6.07, 6.45) is 1.20. The van der Waals surface area contributed by atoms with Gasteiger partial charge in [0.2, 0.25) is 5.76 Å². The van der Waals surface area contributed by atoms with Crippen LogP contribution in [-0.2, 0) is 9.59 Å². The second-order valence-corrected chi connectivity index (χ2v) is 2.83. The van der Waals surface area contributed by atoms with Crippen LogP contribution in [0.3, 0.4) is 0 Å². The van der Waals surface area contributed by atoms with Crippen molar-refractivity contribution in [2.24, 2.45) is 0 Å². The van der Waals surface area contributed by atoms with Gasteiger partial charge in [-0.3, -0.25) is 14.4 Å². The van der Waals surface area contributed by atoms with Crippen molar-refractivity contribution >= 4 is 17.8 Å². The molecule has 0 fully saturated rings. The van der Waals surface area contributed by atoms with E-state index in [-0.39, 0.29) is 5.76 Å². The van der Waals surface area contributed by atoms with Gasteiger partial charge < -0.3 is 19.6 Å². The van der Waals surface area contributed by atoms with Gasteiger partial charge in [0.1, 0.15) is 13.1 Å². The van der Waals surface area contributed by atoms with Crippen LogP contribution in [0.4, 0.5) is 0 Å². The number of hydrogen-bond donors (Lipinski definition) is 2. The SMILES string of the molecule is O=C(O)CN(CC(=O)O)C(=O)c1ccno1. The van der Waals surface area contributed by atoms with Crippen LogP contribution in [0.2, 0.25) is 0 Å². The molecule has 8 nitrogen and oxygen atoms in total. The van der Waals surface area contributed by atoms with Crippen molar-refractivity contribution in [3.63, 3.8) is 0 Å². The van der Waals surface area contributed by atoms with Crippen molar-refractivity contribution in [2.75, 3.05) is 13.1 Å². The molecule has 0 radical (unpaired) electrons. The van der Waals surface area contributed by atoms with Gasteiger partial charge >= 0.3 is 11.9 Å². The Morgan fingerprint density at radius 3 is 2.19 bits per heavy atom. The van der Waals surface area contributed by atoms with E-state index in [9.17, 15) is 14.4 Å². The zero-order chi connectivity index (χ0) is 12.1. The highest BCUT2D eigenvalue weighted by Crippen LogP contribution is 2.03. The topological polar surface area (TPSA) is 121 Å². The minimum absolute atomic E-state index is 0.206. The molecule has 0 bridgehead atoms. The third-order valence-electron chi connectivity index (χ3n) is 1.59. The predicted octanol–water partition coefficient (Wildman–Crippen LogP) is -0.714. The fraction of sp³-hybridized carbons (Fsp3) is 0.250. The number of amides is 1. The quantitative estimate of drug-likeness (QED) is 0.682. The van der Waals surface area contributed by atoms with Crippen LogP contribution < -0.4 is 0 Å². The Hall–Kier alpha value is -2.38. The molecule has 0 spiro atoms. The molecular formula is C8H8N2O6. The standard InChI is InChI=1S/C8H8N2O6/c11-6(12)3-10(4-7(13)14)8(15)5-1-2-9-16-5/h1-2H,3-4H2,(H,11,12)(H,13,14). The third kappa shape index (κ3) is 3.08. The third-order valence-corrected chi connectivity index (χ3v) is 1.59. The van der Waals surface area contributed by atoms with Crippen LogP contribution in [0.5, 0.6) is 0 Å². The van der Waals surface area contributed by atoms with Crippen molar-refractivity contribution in [3.8, 4) is 0 Å². The summed E-state index contributed by atoms with van der Waals surface area (Å²) in [6.45, 7) is -1.43. The Labute approximate surface area is 89.1 Å². The molecule has 1 aromatic rings. The first-order valence-electron chi connectivity index (χ1n) is 4.14. The number of carboxylic acids is 2. The summed E-state index contributed by atoms with van der Waals surface area (Å²) >= 11 is 0. The molecule has 1 aromatic heterocycles. The Morgan fingerprint density at radius 2 is 1.81 bits per heavy atom. The van der Waals surface area contributed by atoms with E-state index in [1.807, 2.05) is 0 Å².